The first-order valence-electron chi connectivity index (χ1n) is 8.50. The minimum atomic E-state index is 0.0587. The van der Waals surface area contributed by atoms with Crippen LogP contribution >= 0.6 is 11.3 Å². The molecule has 0 atom stereocenters. The Hall–Kier alpha value is -1.99. The van der Waals surface area contributed by atoms with Crippen LogP contribution in [0, 0.1) is 0 Å². The molecule has 0 spiro atoms. The smallest absolute Gasteiger partial charge is 0.173 e. The molecule has 0 aromatic carbocycles. The molecule has 3 aromatic rings. The van der Waals surface area contributed by atoms with E-state index in [4.69, 9.17) is 10.1 Å². The van der Waals surface area contributed by atoms with Crippen LogP contribution in [0.25, 0.3) is 21.9 Å². The zero-order valence-corrected chi connectivity index (χ0v) is 14.3. The largest absolute Gasteiger partial charge is 0.395 e. The van der Waals surface area contributed by atoms with Crippen molar-refractivity contribution in [3.05, 3.63) is 23.8 Å². The second-order valence-corrected chi connectivity index (χ2v) is 7.09. The lowest BCUT2D eigenvalue weighted by Crippen LogP contribution is -2.13. The summed E-state index contributed by atoms with van der Waals surface area (Å²) in [7, 11) is 0. The number of anilines is 1. The van der Waals surface area contributed by atoms with Crippen molar-refractivity contribution in [2.24, 2.45) is 0 Å². The number of aliphatic hydroxyl groups excluding tert-OH is 1. The predicted molar refractivity (Wildman–Crippen MR) is 96.3 cm³/mol. The Labute approximate surface area is 144 Å². The molecular formula is C17H21N5OS. The third-order valence-corrected chi connectivity index (χ3v) is 5.40. The van der Waals surface area contributed by atoms with Gasteiger partial charge in [0.05, 0.1) is 17.8 Å². The van der Waals surface area contributed by atoms with Crippen LogP contribution in [0.2, 0.25) is 0 Å². The Bertz CT molecular complexity index is 808. The lowest BCUT2D eigenvalue weighted by atomic mass is 9.95. The number of thiophene rings is 1. The average Bonchev–Trinajstić information content (AvgIpc) is 3.30. The van der Waals surface area contributed by atoms with Gasteiger partial charge in [-0.15, -0.1) is 11.3 Å². The minimum Gasteiger partial charge on any atom is -0.395 e. The summed E-state index contributed by atoms with van der Waals surface area (Å²) in [5.41, 5.74) is 1.68. The number of imidazole rings is 1. The Morgan fingerprint density at radius 1 is 1.25 bits per heavy atom. The van der Waals surface area contributed by atoms with E-state index in [1.54, 1.807) is 11.3 Å². The molecule has 1 saturated carbocycles. The molecule has 24 heavy (non-hydrogen) atoms. The van der Waals surface area contributed by atoms with E-state index in [0.29, 0.717) is 18.4 Å². The minimum absolute atomic E-state index is 0.0587. The van der Waals surface area contributed by atoms with Crippen molar-refractivity contribution in [1.29, 1.82) is 0 Å². The summed E-state index contributed by atoms with van der Waals surface area (Å²) >= 11 is 1.63. The molecule has 2 N–H and O–H groups in total. The van der Waals surface area contributed by atoms with Gasteiger partial charge in [0.25, 0.3) is 0 Å². The number of hydrogen-bond donors (Lipinski definition) is 2. The summed E-state index contributed by atoms with van der Waals surface area (Å²) in [5.74, 6) is 1.42. The monoisotopic (exact) mass is 343 g/mol. The second-order valence-electron chi connectivity index (χ2n) is 6.14. The van der Waals surface area contributed by atoms with E-state index in [0.717, 1.165) is 21.9 Å². The number of fused-ring (bicyclic) bond motifs is 1. The van der Waals surface area contributed by atoms with Gasteiger partial charge >= 0.3 is 0 Å². The van der Waals surface area contributed by atoms with E-state index >= 15 is 0 Å². The van der Waals surface area contributed by atoms with Crippen LogP contribution < -0.4 is 5.32 Å². The molecule has 3 heterocycles. The third kappa shape index (κ3) is 2.89. The van der Waals surface area contributed by atoms with Crippen LogP contribution in [0.3, 0.4) is 0 Å². The van der Waals surface area contributed by atoms with Crippen molar-refractivity contribution < 1.29 is 5.11 Å². The normalized spacial score (nSPS) is 15.9. The fraction of sp³-hybridized carbons (Fsp3) is 0.471. The van der Waals surface area contributed by atoms with E-state index in [2.05, 4.69) is 19.9 Å². The molecule has 0 unspecified atom stereocenters. The van der Waals surface area contributed by atoms with Crippen LogP contribution in [-0.4, -0.2) is 37.8 Å². The van der Waals surface area contributed by atoms with Gasteiger partial charge < -0.3 is 15.0 Å². The van der Waals surface area contributed by atoms with E-state index in [1.807, 2.05) is 23.8 Å². The van der Waals surface area contributed by atoms with Crippen molar-refractivity contribution >= 4 is 28.3 Å². The maximum absolute atomic E-state index is 9.13. The highest BCUT2D eigenvalue weighted by Gasteiger charge is 2.21. The van der Waals surface area contributed by atoms with Crippen molar-refractivity contribution in [3.8, 4) is 10.7 Å². The Kier molecular flexibility index (Phi) is 4.44. The second kappa shape index (κ2) is 6.86. The summed E-state index contributed by atoms with van der Waals surface area (Å²) in [6, 6.07) is 4.51. The summed E-state index contributed by atoms with van der Waals surface area (Å²) in [4.78, 5) is 15.1. The van der Waals surface area contributed by atoms with Gasteiger partial charge in [0.1, 0.15) is 5.52 Å². The molecule has 0 bridgehead atoms. The number of aliphatic hydroxyl groups is 1. The van der Waals surface area contributed by atoms with Gasteiger partial charge in [-0.05, 0) is 24.3 Å². The first kappa shape index (κ1) is 15.5. The molecular weight excluding hydrogens is 322 g/mol. The average molecular weight is 343 g/mol. The van der Waals surface area contributed by atoms with Gasteiger partial charge in [0.15, 0.2) is 17.3 Å². The van der Waals surface area contributed by atoms with Crippen LogP contribution in [0.15, 0.2) is 23.8 Å². The molecule has 1 aliphatic rings. The maximum atomic E-state index is 9.13. The van der Waals surface area contributed by atoms with Gasteiger partial charge in [-0.2, -0.15) is 0 Å². The maximum Gasteiger partial charge on any atom is 0.173 e. The van der Waals surface area contributed by atoms with Crippen molar-refractivity contribution in [2.75, 3.05) is 18.5 Å². The van der Waals surface area contributed by atoms with E-state index in [1.165, 1.54) is 32.1 Å². The van der Waals surface area contributed by atoms with E-state index in [9.17, 15) is 0 Å². The highest BCUT2D eigenvalue weighted by atomic mass is 32.1. The highest BCUT2D eigenvalue weighted by molar-refractivity contribution is 7.13. The van der Waals surface area contributed by atoms with Crippen LogP contribution in [0.1, 0.15) is 38.1 Å². The molecule has 3 aromatic heterocycles. The zero-order chi connectivity index (χ0) is 16.4. The van der Waals surface area contributed by atoms with Crippen molar-refractivity contribution in [3.63, 3.8) is 0 Å². The number of aromatic nitrogens is 4. The quantitative estimate of drug-likeness (QED) is 0.742. The number of hydrogen-bond acceptors (Lipinski definition) is 6. The number of nitrogens with one attached hydrogen (secondary N) is 1. The number of nitrogens with zero attached hydrogens (tertiary/aromatic N) is 4. The summed E-state index contributed by atoms with van der Waals surface area (Å²) < 4.78 is 2.22. The van der Waals surface area contributed by atoms with Crippen LogP contribution in [-0.2, 0) is 0 Å². The van der Waals surface area contributed by atoms with Crippen LogP contribution in [0.4, 0.5) is 5.82 Å². The summed E-state index contributed by atoms with van der Waals surface area (Å²) in [6.45, 7) is 0.509. The van der Waals surface area contributed by atoms with Gasteiger partial charge in [-0.1, -0.05) is 25.3 Å². The summed E-state index contributed by atoms with van der Waals surface area (Å²) in [6.07, 6.45) is 8.12. The topological polar surface area (TPSA) is 75.9 Å². The molecule has 6 nitrogen and oxygen atoms in total. The standard InChI is InChI=1S/C17H21N5OS/c23-9-8-18-16-14-17(21-15(20-16)13-7-4-10-24-13)22(11-19-14)12-5-2-1-3-6-12/h4,7,10-12,23H,1-3,5-6,8-9H2,(H,18,20,21). The molecule has 4 rings (SSSR count). The van der Waals surface area contributed by atoms with Gasteiger partial charge in [-0.3, -0.25) is 0 Å². The Balaban J connectivity index is 1.82. The highest BCUT2D eigenvalue weighted by Crippen LogP contribution is 2.33. The first-order valence-corrected chi connectivity index (χ1v) is 9.38. The lowest BCUT2D eigenvalue weighted by Gasteiger charge is -2.23. The third-order valence-electron chi connectivity index (χ3n) is 4.54. The van der Waals surface area contributed by atoms with Crippen molar-refractivity contribution in [1.82, 2.24) is 19.5 Å². The molecule has 0 amide bonds. The molecule has 7 heteroatoms. The van der Waals surface area contributed by atoms with Crippen molar-refractivity contribution in [2.45, 2.75) is 38.1 Å². The number of rotatable bonds is 5. The van der Waals surface area contributed by atoms with E-state index < -0.39 is 0 Å². The Morgan fingerprint density at radius 2 is 2.12 bits per heavy atom. The van der Waals surface area contributed by atoms with E-state index in [-0.39, 0.29) is 6.61 Å². The molecule has 1 aliphatic carbocycles. The van der Waals surface area contributed by atoms with Crippen LogP contribution in [0.5, 0.6) is 0 Å². The molecule has 0 aliphatic heterocycles. The molecule has 0 radical (unpaired) electrons. The van der Waals surface area contributed by atoms with Gasteiger partial charge in [0.2, 0.25) is 0 Å². The van der Waals surface area contributed by atoms with Gasteiger partial charge in [-0.25, -0.2) is 15.0 Å². The lowest BCUT2D eigenvalue weighted by molar-refractivity contribution is 0.311. The fourth-order valence-electron chi connectivity index (χ4n) is 3.36. The predicted octanol–water partition coefficient (Wildman–Crippen LogP) is 3.46. The molecule has 0 saturated heterocycles. The molecule has 126 valence electrons. The zero-order valence-electron chi connectivity index (χ0n) is 13.5. The van der Waals surface area contributed by atoms with Gasteiger partial charge in [0, 0.05) is 12.6 Å². The molecule has 1 fully saturated rings. The fourth-order valence-corrected chi connectivity index (χ4v) is 4.01. The SMILES string of the molecule is OCCNc1nc(-c2cccs2)nc2c1ncn2C1CCCCC1. The first-order chi connectivity index (χ1) is 11.9. The summed E-state index contributed by atoms with van der Waals surface area (Å²) in [5, 5.41) is 14.3. The Morgan fingerprint density at radius 3 is 2.88 bits per heavy atom.